The van der Waals surface area contributed by atoms with E-state index in [-0.39, 0.29) is 17.0 Å². The molecule has 5 heteroatoms. The number of allylic oxidation sites excluding steroid dienone is 1. The molecule has 2 rings (SSSR count). The largest absolute Gasteiger partial charge is 0.482 e. The summed E-state index contributed by atoms with van der Waals surface area (Å²) in [6, 6.07) is 10.7. The summed E-state index contributed by atoms with van der Waals surface area (Å²) in [6.07, 6.45) is 1.41. The van der Waals surface area contributed by atoms with Gasteiger partial charge in [0.25, 0.3) is 5.91 Å². The van der Waals surface area contributed by atoms with E-state index in [9.17, 15) is 4.79 Å². The number of carbonyl (C=O) groups is 1. The van der Waals surface area contributed by atoms with Gasteiger partial charge in [0.2, 0.25) is 5.88 Å². The molecule has 98 valence electrons. The zero-order valence-corrected chi connectivity index (χ0v) is 11.0. The zero-order valence-electron chi connectivity index (χ0n) is 11.0. The standard InChI is InChI=1S/C15H11N3O2/c1-10-3-5-12(6-4-10)18-14(20-2)7-13(15(18)19)11(8-16)9-17/h3-7H,1-2H3. The Balaban J connectivity index is 2.53. The number of methoxy groups -OCH3 is 1. The molecule has 20 heavy (non-hydrogen) atoms. The van der Waals surface area contributed by atoms with Crippen LogP contribution in [0.3, 0.4) is 0 Å². The highest BCUT2D eigenvalue weighted by molar-refractivity contribution is 6.13. The van der Waals surface area contributed by atoms with E-state index in [2.05, 4.69) is 0 Å². The maximum absolute atomic E-state index is 12.4. The monoisotopic (exact) mass is 265 g/mol. The quantitative estimate of drug-likeness (QED) is 0.606. The number of rotatable bonds is 2. The molecule has 1 aromatic carbocycles. The fourth-order valence-electron chi connectivity index (χ4n) is 1.88. The van der Waals surface area contributed by atoms with Crippen LogP contribution in [0.15, 0.2) is 47.4 Å². The van der Waals surface area contributed by atoms with Crippen LogP contribution in [0.5, 0.6) is 0 Å². The van der Waals surface area contributed by atoms with E-state index in [1.54, 1.807) is 24.3 Å². The fraction of sp³-hybridized carbons (Fsp3) is 0.133. The number of carbonyl (C=O) groups excluding carboxylic acids is 1. The van der Waals surface area contributed by atoms with Crippen molar-refractivity contribution in [2.75, 3.05) is 12.0 Å². The summed E-state index contributed by atoms with van der Waals surface area (Å²) in [5, 5.41) is 17.8. The lowest BCUT2D eigenvalue weighted by molar-refractivity contribution is -0.114. The minimum absolute atomic E-state index is 0.0485. The van der Waals surface area contributed by atoms with Crippen LogP contribution in [-0.2, 0) is 9.53 Å². The van der Waals surface area contributed by atoms with E-state index in [0.717, 1.165) is 5.56 Å². The summed E-state index contributed by atoms with van der Waals surface area (Å²) >= 11 is 0. The average molecular weight is 265 g/mol. The predicted octanol–water partition coefficient (Wildman–Crippen LogP) is 2.17. The lowest BCUT2D eigenvalue weighted by Crippen LogP contribution is -2.26. The Labute approximate surface area is 116 Å². The third-order valence-electron chi connectivity index (χ3n) is 2.92. The van der Waals surface area contributed by atoms with E-state index in [0.29, 0.717) is 5.69 Å². The van der Waals surface area contributed by atoms with Crippen LogP contribution in [0.25, 0.3) is 0 Å². The molecule has 1 aromatic rings. The maximum atomic E-state index is 12.4. The van der Waals surface area contributed by atoms with Crippen molar-refractivity contribution in [3.8, 4) is 12.1 Å². The Bertz CT molecular complexity index is 684. The van der Waals surface area contributed by atoms with Crippen molar-refractivity contribution < 1.29 is 9.53 Å². The summed E-state index contributed by atoms with van der Waals surface area (Å²) in [5.41, 5.74) is 1.51. The van der Waals surface area contributed by atoms with Crippen molar-refractivity contribution in [3.63, 3.8) is 0 Å². The van der Waals surface area contributed by atoms with Crippen molar-refractivity contribution in [1.82, 2.24) is 0 Å². The van der Waals surface area contributed by atoms with Crippen LogP contribution in [-0.4, -0.2) is 13.0 Å². The van der Waals surface area contributed by atoms with Crippen molar-refractivity contribution in [1.29, 1.82) is 10.5 Å². The number of benzene rings is 1. The van der Waals surface area contributed by atoms with E-state index in [1.807, 2.05) is 19.1 Å². The third kappa shape index (κ3) is 2.13. The first-order valence-electron chi connectivity index (χ1n) is 5.83. The number of hydrogen-bond acceptors (Lipinski definition) is 4. The SMILES string of the molecule is COC1=CC(=C(C#N)C#N)C(=O)N1c1ccc(C)cc1. The van der Waals surface area contributed by atoms with E-state index in [1.165, 1.54) is 18.1 Å². The first-order chi connectivity index (χ1) is 9.62. The van der Waals surface area contributed by atoms with Crippen LogP contribution in [0, 0.1) is 29.6 Å². The van der Waals surface area contributed by atoms with Gasteiger partial charge >= 0.3 is 0 Å². The lowest BCUT2D eigenvalue weighted by atomic mass is 10.1. The molecule has 1 heterocycles. The van der Waals surface area contributed by atoms with Gasteiger partial charge in [0, 0.05) is 6.08 Å². The highest BCUT2D eigenvalue weighted by atomic mass is 16.5. The molecule has 0 aromatic heterocycles. The minimum atomic E-state index is -0.441. The van der Waals surface area contributed by atoms with Gasteiger partial charge in [-0.05, 0) is 19.1 Å². The molecular weight excluding hydrogens is 254 g/mol. The number of nitriles is 2. The van der Waals surface area contributed by atoms with Crippen molar-refractivity contribution in [3.05, 3.63) is 52.9 Å². The molecule has 0 spiro atoms. The fourth-order valence-corrected chi connectivity index (χ4v) is 1.88. The Kier molecular flexibility index (Phi) is 3.54. The summed E-state index contributed by atoms with van der Waals surface area (Å²) < 4.78 is 5.16. The van der Waals surface area contributed by atoms with Gasteiger partial charge in [-0.3, -0.25) is 4.79 Å². The summed E-state index contributed by atoms with van der Waals surface area (Å²) in [5.74, 6) is -0.152. The molecule has 5 nitrogen and oxygen atoms in total. The van der Waals surface area contributed by atoms with Gasteiger partial charge in [0.05, 0.1) is 18.4 Å². The van der Waals surface area contributed by atoms with Crippen molar-refractivity contribution in [2.45, 2.75) is 6.92 Å². The van der Waals surface area contributed by atoms with Crippen molar-refractivity contribution >= 4 is 11.6 Å². The van der Waals surface area contributed by atoms with Gasteiger partial charge in [0.1, 0.15) is 17.7 Å². The molecule has 0 saturated heterocycles. The topological polar surface area (TPSA) is 77.1 Å². The van der Waals surface area contributed by atoms with Crippen LogP contribution in [0.2, 0.25) is 0 Å². The average Bonchev–Trinajstić information content (AvgIpc) is 2.79. The smallest absolute Gasteiger partial charge is 0.267 e. The Morgan fingerprint density at radius 1 is 1.20 bits per heavy atom. The molecule has 0 atom stereocenters. The molecule has 0 radical (unpaired) electrons. The number of ether oxygens (including phenoxy) is 1. The number of aryl methyl sites for hydroxylation is 1. The van der Waals surface area contributed by atoms with Gasteiger partial charge in [-0.15, -0.1) is 0 Å². The Hall–Kier alpha value is -3.05. The van der Waals surface area contributed by atoms with E-state index in [4.69, 9.17) is 15.3 Å². The summed E-state index contributed by atoms with van der Waals surface area (Å²) in [4.78, 5) is 13.7. The van der Waals surface area contributed by atoms with E-state index >= 15 is 0 Å². The molecule has 0 aliphatic carbocycles. The molecule has 0 fully saturated rings. The van der Waals surface area contributed by atoms with Gasteiger partial charge < -0.3 is 4.74 Å². The van der Waals surface area contributed by atoms with Gasteiger partial charge in [-0.25, -0.2) is 4.90 Å². The first kappa shape index (κ1) is 13.4. The van der Waals surface area contributed by atoms with Crippen molar-refractivity contribution in [2.24, 2.45) is 0 Å². The normalized spacial score (nSPS) is 13.6. The summed E-state index contributed by atoms with van der Waals surface area (Å²) in [7, 11) is 1.43. The predicted molar refractivity (Wildman–Crippen MR) is 72.0 cm³/mol. The van der Waals surface area contributed by atoms with E-state index < -0.39 is 5.91 Å². The second-order valence-electron chi connectivity index (χ2n) is 4.18. The molecule has 1 aliphatic rings. The zero-order chi connectivity index (χ0) is 14.7. The highest BCUT2D eigenvalue weighted by Gasteiger charge is 2.32. The highest BCUT2D eigenvalue weighted by Crippen LogP contribution is 2.30. The minimum Gasteiger partial charge on any atom is -0.482 e. The second kappa shape index (κ2) is 5.29. The first-order valence-corrected chi connectivity index (χ1v) is 5.83. The Morgan fingerprint density at radius 3 is 2.30 bits per heavy atom. The van der Waals surface area contributed by atoms with Crippen LogP contribution < -0.4 is 4.90 Å². The number of hydrogen-bond donors (Lipinski definition) is 0. The molecule has 1 amide bonds. The molecule has 0 N–H and O–H groups in total. The molecular formula is C15H11N3O2. The van der Waals surface area contributed by atoms with Gasteiger partial charge in [-0.2, -0.15) is 10.5 Å². The molecule has 0 bridgehead atoms. The molecule has 1 aliphatic heterocycles. The number of nitrogens with zero attached hydrogens (tertiary/aromatic N) is 3. The van der Waals surface area contributed by atoms with Gasteiger partial charge in [-0.1, -0.05) is 17.7 Å². The van der Waals surface area contributed by atoms with Gasteiger partial charge in [0.15, 0.2) is 0 Å². The second-order valence-corrected chi connectivity index (χ2v) is 4.18. The summed E-state index contributed by atoms with van der Waals surface area (Å²) in [6.45, 7) is 1.94. The maximum Gasteiger partial charge on any atom is 0.267 e. The molecule has 0 saturated carbocycles. The lowest BCUT2D eigenvalue weighted by Gasteiger charge is -2.19. The van der Waals surface area contributed by atoms with Crippen LogP contribution in [0.1, 0.15) is 5.56 Å². The third-order valence-corrected chi connectivity index (χ3v) is 2.92. The Morgan fingerprint density at radius 2 is 1.80 bits per heavy atom. The number of amides is 1. The molecule has 0 unspecified atom stereocenters. The van der Waals surface area contributed by atoms with Crippen LogP contribution in [0.4, 0.5) is 5.69 Å². The number of anilines is 1. The van der Waals surface area contributed by atoms with Crippen LogP contribution >= 0.6 is 0 Å².